The number of nitrogens with one attached hydrogen (secondary N) is 1. The lowest BCUT2D eigenvalue weighted by Crippen LogP contribution is -2.35. The summed E-state index contributed by atoms with van der Waals surface area (Å²) in [6.45, 7) is 0.772. The highest BCUT2D eigenvalue weighted by atomic mass is 19.2. The molecular weight excluding hydrogens is 574 g/mol. The molecule has 1 saturated carbocycles. The summed E-state index contributed by atoms with van der Waals surface area (Å²) in [5.41, 5.74) is 2.75. The normalized spacial score (nSPS) is 16.7. The van der Waals surface area contributed by atoms with Gasteiger partial charge in [0.15, 0.2) is 40.5 Å². The molecule has 0 aliphatic heterocycles. The molecule has 3 aromatic carbocycles. The van der Waals surface area contributed by atoms with Crippen LogP contribution in [0.2, 0.25) is 0 Å². The van der Waals surface area contributed by atoms with E-state index in [1.807, 2.05) is 12.1 Å². The average molecular weight is 607 g/mol. The first kappa shape index (κ1) is 32.1. The lowest BCUT2D eigenvalue weighted by molar-refractivity contribution is -0.107. The van der Waals surface area contributed by atoms with Crippen LogP contribution in [0.4, 0.5) is 26.3 Å². The number of carbonyl (C=O) groups excluding carboxylic acids is 1. The summed E-state index contributed by atoms with van der Waals surface area (Å²) in [7, 11) is 2.06. The summed E-state index contributed by atoms with van der Waals surface area (Å²) < 4.78 is 83.2. The van der Waals surface area contributed by atoms with Crippen LogP contribution in [0.3, 0.4) is 0 Å². The van der Waals surface area contributed by atoms with Crippen molar-refractivity contribution in [1.82, 2.24) is 9.88 Å². The van der Waals surface area contributed by atoms with Gasteiger partial charge in [0.25, 0.3) is 0 Å². The molecule has 5 nitrogen and oxygen atoms in total. The Morgan fingerprint density at radius 2 is 1.44 bits per heavy atom. The van der Waals surface area contributed by atoms with Gasteiger partial charge < -0.3 is 14.1 Å². The fourth-order valence-corrected chi connectivity index (χ4v) is 5.50. The number of aromatic nitrogens is 1. The number of aromatic amines is 1. The van der Waals surface area contributed by atoms with Gasteiger partial charge in [0.2, 0.25) is 0 Å². The first-order valence-electron chi connectivity index (χ1n) is 14.1. The van der Waals surface area contributed by atoms with Gasteiger partial charge in [-0.25, -0.2) is 31.1 Å². The van der Waals surface area contributed by atoms with Crippen molar-refractivity contribution in [3.05, 3.63) is 105 Å². The van der Waals surface area contributed by atoms with Gasteiger partial charge in [-0.1, -0.05) is 18.2 Å². The maximum Gasteiger partial charge on any atom is 0.417 e. The summed E-state index contributed by atoms with van der Waals surface area (Å²) in [4.78, 5) is 26.2. The van der Waals surface area contributed by atoms with Gasteiger partial charge in [-0.2, -0.15) is 0 Å². The Bertz CT molecular complexity index is 1610. The third kappa shape index (κ3) is 7.95. The van der Waals surface area contributed by atoms with Crippen molar-refractivity contribution < 1.29 is 35.6 Å². The van der Waals surface area contributed by atoms with Gasteiger partial charge in [-0.05, 0) is 105 Å². The molecule has 1 aromatic heterocycles. The molecule has 43 heavy (non-hydrogen) atoms. The standard InChI is InChI=1S/C23H25F3N2O2.C9H7F3O/c1-28(12-2-3-15-6-10-18(24)22(26)21(15)25)17-8-4-14(5-9-17)16-7-11-19-20(13-16)30-23(29)27-19;10-7-4-3-6(2-1-5-13)8(11)9(7)12/h6-7,10-11,13-14,17H,2-5,8-9,12H2,1H3,(H,27,29);3-5H,1-2H2. The minimum Gasteiger partial charge on any atom is -0.408 e. The number of rotatable bonds is 9. The zero-order valence-corrected chi connectivity index (χ0v) is 23.6. The number of halogens is 6. The van der Waals surface area contributed by atoms with E-state index in [0.29, 0.717) is 36.7 Å². The van der Waals surface area contributed by atoms with Gasteiger partial charge in [0.1, 0.15) is 6.29 Å². The van der Waals surface area contributed by atoms with Crippen LogP contribution in [0.5, 0.6) is 0 Å². The average Bonchev–Trinajstić information content (AvgIpc) is 3.39. The number of oxazole rings is 1. The maximum absolute atomic E-state index is 13.8. The molecule has 0 unspecified atom stereocenters. The van der Waals surface area contributed by atoms with Crippen molar-refractivity contribution in [2.24, 2.45) is 0 Å². The van der Waals surface area contributed by atoms with Gasteiger partial charge in [0.05, 0.1) is 5.52 Å². The first-order chi connectivity index (χ1) is 20.6. The minimum atomic E-state index is -1.48. The third-order valence-electron chi connectivity index (χ3n) is 7.96. The molecule has 0 radical (unpaired) electrons. The molecule has 1 aliphatic carbocycles. The summed E-state index contributed by atoms with van der Waals surface area (Å²) in [5, 5.41) is 0. The van der Waals surface area contributed by atoms with E-state index in [-0.39, 0.29) is 24.0 Å². The van der Waals surface area contributed by atoms with E-state index in [1.165, 1.54) is 11.6 Å². The highest BCUT2D eigenvalue weighted by molar-refractivity contribution is 5.72. The summed E-state index contributed by atoms with van der Waals surface area (Å²) in [5.74, 6) is -7.52. The number of aryl methyl sites for hydroxylation is 2. The number of benzene rings is 3. The van der Waals surface area contributed by atoms with Crippen molar-refractivity contribution in [3.63, 3.8) is 0 Å². The number of carbonyl (C=O) groups is 1. The Hall–Kier alpha value is -3.86. The quantitative estimate of drug-likeness (QED) is 0.123. The maximum atomic E-state index is 13.8. The van der Waals surface area contributed by atoms with E-state index >= 15 is 0 Å². The highest BCUT2D eigenvalue weighted by Gasteiger charge is 2.25. The molecule has 0 atom stereocenters. The molecule has 5 rings (SSSR count). The van der Waals surface area contributed by atoms with Crippen molar-refractivity contribution in [2.75, 3.05) is 13.6 Å². The van der Waals surface area contributed by atoms with Gasteiger partial charge in [-0.15, -0.1) is 0 Å². The van der Waals surface area contributed by atoms with E-state index in [2.05, 4.69) is 23.0 Å². The SMILES string of the molecule is CN(CCCc1ccc(F)c(F)c1F)C1CCC(c2ccc3[nH]c(=O)oc3c2)CC1.O=CCCc1ccc(F)c(F)c1F. The zero-order chi connectivity index (χ0) is 31.1. The van der Waals surface area contributed by atoms with E-state index in [1.54, 1.807) is 0 Å². The van der Waals surface area contributed by atoms with Crippen LogP contribution in [0.1, 0.15) is 61.1 Å². The second-order valence-electron chi connectivity index (χ2n) is 10.7. The van der Waals surface area contributed by atoms with Crippen LogP contribution < -0.4 is 5.76 Å². The lowest BCUT2D eigenvalue weighted by atomic mass is 9.81. The van der Waals surface area contributed by atoms with Gasteiger partial charge in [-0.3, -0.25) is 4.98 Å². The number of H-pyrrole nitrogens is 1. The number of hydrogen-bond donors (Lipinski definition) is 1. The second kappa shape index (κ2) is 14.5. The Morgan fingerprint density at radius 1 is 0.837 bits per heavy atom. The predicted molar refractivity (Wildman–Crippen MR) is 150 cm³/mol. The monoisotopic (exact) mass is 606 g/mol. The van der Waals surface area contributed by atoms with Crippen molar-refractivity contribution >= 4 is 17.4 Å². The van der Waals surface area contributed by atoms with Crippen molar-refractivity contribution in [2.45, 2.75) is 63.3 Å². The van der Waals surface area contributed by atoms with E-state index in [4.69, 9.17) is 4.42 Å². The largest absolute Gasteiger partial charge is 0.417 e. The second-order valence-corrected chi connectivity index (χ2v) is 10.7. The fraction of sp³-hybridized carbons (Fsp3) is 0.375. The van der Waals surface area contributed by atoms with Crippen molar-refractivity contribution in [3.8, 4) is 0 Å². The molecule has 230 valence electrons. The Kier molecular flexibility index (Phi) is 10.8. The first-order valence-corrected chi connectivity index (χ1v) is 14.1. The summed E-state index contributed by atoms with van der Waals surface area (Å²) in [6.07, 6.45) is 6.05. The van der Waals surface area contributed by atoms with Gasteiger partial charge in [0, 0.05) is 12.5 Å². The predicted octanol–water partition coefficient (Wildman–Crippen LogP) is 7.36. The molecule has 1 fully saturated rings. The number of aldehydes is 1. The van der Waals surface area contributed by atoms with Crippen LogP contribution in [0, 0.1) is 34.9 Å². The topological polar surface area (TPSA) is 66.3 Å². The number of hydrogen-bond acceptors (Lipinski definition) is 4. The Labute approximate surface area is 244 Å². The zero-order valence-electron chi connectivity index (χ0n) is 23.6. The van der Waals surface area contributed by atoms with Crippen LogP contribution >= 0.6 is 0 Å². The lowest BCUT2D eigenvalue weighted by Gasteiger charge is -2.35. The molecular formula is C32H32F6N2O3. The number of nitrogens with zero attached hydrogens (tertiary/aromatic N) is 1. The smallest absolute Gasteiger partial charge is 0.408 e. The van der Waals surface area contributed by atoms with Crippen molar-refractivity contribution in [1.29, 1.82) is 0 Å². The molecule has 0 spiro atoms. The van der Waals surface area contributed by atoms with Crippen LogP contribution in [-0.4, -0.2) is 35.8 Å². The van der Waals surface area contributed by atoms with E-state index in [0.717, 1.165) is 55.9 Å². The molecule has 1 heterocycles. The Morgan fingerprint density at radius 3 is 2.05 bits per heavy atom. The van der Waals surface area contributed by atoms with E-state index < -0.39 is 40.7 Å². The fourth-order valence-electron chi connectivity index (χ4n) is 5.50. The van der Waals surface area contributed by atoms with E-state index in [9.17, 15) is 35.9 Å². The molecule has 4 aromatic rings. The number of fused-ring (bicyclic) bond motifs is 1. The molecule has 0 saturated heterocycles. The molecule has 1 aliphatic rings. The summed E-state index contributed by atoms with van der Waals surface area (Å²) >= 11 is 0. The molecule has 11 heteroatoms. The molecule has 0 amide bonds. The third-order valence-corrected chi connectivity index (χ3v) is 7.96. The minimum absolute atomic E-state index is 0.0194. The molecule has 1 N–H and O–H groups in total. The molecule has 0 bridgehead atoms. The van der Waals surface area contributed by atoms with Crippen LogP contribution in [0.25, 0.3) is 11.1 Å². The van der Waals surface area contributed by atoms with Gasteiger partial charge >= 0.3 is 5.76 Å². The van der Waals surface area contributed by atoms with Crippen LogP contribution in [0.15, 0.2) is 51.7 Å². The Balaban J connectivity index is 0.000000273. The van der Waals surface area contributed by atoms with Crippen LogP contribution in [-0.2, 0) is 17.6 Å². The summed E-state index contributed by atoms with van der Waals surface area (Å²) in [6, 6.07) is 10.6. The highest BCUT2D eigenvalue weighted by Crippen LogP contribution is 2.35.